The lowest BCUT2D eigenvalue weighted by atomic mass is 10.2. The molecule has 1 aromatic rings. The van der Waals surface area contributed by atoms with Gasteiger partial charge in [0.15, 0.2) is 6.29 Å². The van der Waals surface area contributed by atoms with E-state index in [1.807, 2.05) is 0 Å². The van der Waals surface area contributed by atoms with Crippen molar-refractivity contribution < 1.29 is 19.0 Å². The van der Waals surface area contributed by atoms with Gasteiger partial charge in [0.25, 0.3) is 0 Å². The number of halogens is 1. The molecule has 0 saturated heterocycles. The van der Waals surface area contributed by atoms with Gasteiger partial charge in [0.1, 0.15) is 23.9 Å². The van der Waals surface area contributed by atoms with Gasteiger partial charge in [0.2, 0.25) is 0 Å². The lowest BCUT2D eigenvalue weighted by Gasteiger charge is -2.12. The summed E-state index contributed by atoms with van der Waals surface area (Å²) >= 11 is 5.52. The summed E-state index contributed by atoms with van der Waals surface area (Å²) in [6.07, 6.45) is 0.682. The topological polar surface area (TPSA) is 44.8 Å². The Hall–Kier alpha value is -1.42. The number of alkyl halides is 1. The van der Waals surface area contributed by atoms with Crippen molar-refractivity contribution in [1.82, 2.24) is 0 Å². The minimum atomic E-state index is 0.318. The first-order valence-corrected chi connectivity index (χ1v) is 5.20. The third-order valence-electron chi connectivity index (χ3n) is 1.99. The summed E-state index contributed by atoms with van der Waals surface area (Å²) in [5, 5.41) is 0. The van der Waals surface area contributed by atoms with Gasteiger partial charge in [0, 0.05) is 12.1 Å². The van der Waals surface area contributed by atoms with E-state index < -0.39 is 0 Å². The summed E-state index contributed by atoms with van der Waals surface area (Å²) in [4.78, 5) is 10.9. The number of hydrogen-bond acceptors (Lipinski definition) is 4. The molecule has 0 radical (unpaired) electrons. The van der Waals surface area contributed by atoms with Crippen LogP contribution >= 0.6 is 11.6 Å². The van der Waals surface area contributed by atoms with Crippen LogP contribution in [-0.4, -0.2) is 33.0 Å². The number of methoxy groups -OCH3 is 2. The summed E-state index contributed by atoms with van der Waals surface area (Å²) < 4.78 is 15.5. The molecule has 0 heterocycles. The number of ether oxygens (including phenoxy) is 3. The molecule has 0 aliphatic rings. The minimum Gasteiger partial charge on any atom is -0.496 e. The first-order valence-electron chi connectivity index (χ1n) is 4.66. The molecule has 0 fully saturated rings. The van der Waals surface area contributed by atoms with Crippen LogP contribution in [0.5, 0.6) is 17.2 Å². The predicted octanol–water partition coefficient (Wildman–Crippen LogP) is 2.13. The standard InChI is InChI=1S/C11H13ClO4/c1-14-8-5-10(15-2)9(7-13)11(6-8)16-4-3-12/h5-7H,3-4H2,1-2H3. The maximum absolute atomic E-state index is 10.9. The normalized spacial score (nSPS) is 9.69. The molecule has 4 nitrogen and oxygen atoms in total. The molecule has 1 aromatic carbocycles. The molecule has 0 aromatic heterocycles. The minimum absolute atomic E-state index is 0.318. The predicted molar refractivity (Wildman–Crippen MR) is 61.1 cm³/mol. The molecular weight excluding hydrogens is 232 g/mol. The fourth-order valence-electron chi connectivity index (χ4n) is 1.25. The van der Waals surface area contributed by atoms with Gasteiger partial charge in [-0.05, 0) is 0 Å². The van der Waals surface area contributed by atoms with Gasteiger partial charge in [0.05, 0.1) is 25.7 Å². The second-order valence-corrected chi connectivity index (χ2v) is 3.27. The van der Waals surface area contributed by atoms with Crippen LogP contribution in [0.3, 0.4) is 0 Å². The Bertz CT molecular complexity index is 365. The van der Waals surface area contributed by atoms with Crippen molar-refractivity contribution in [1.29, 1.82) is 0 Å². The molecule has 0 amide bonds. The second kappa shape index (κ2) is 6.23. The smallest absolute Gasteiger partial charge is 0.157 e. The van der Waals surface area contributed by atoms with Crippen molar-refractivity contribution in [3.63, 3.8) is 0 Å². The number of aldehydes is 1. The maximum Gasteiger partial charge on any atom is 0.157 e. The van der Waals surface area contributed by atoms with Crippen LogP contribution in [0.1, 0.15) is 10.4 Å². The van der Waals surface area contributed by atoms with Crippen molar-refractivity contribution >= 4 is 17.9 Å². The third-order valence-corrected chi connectivity index (χ3v) is 2.14. The highest BCUT2D eigenvalue weighted by atomic mass is 35.5. The van der Waals surface area contributed by atoms with Gasteiger partial charge in [-0.25, -0.2) is 0 Å². The second-order valence-electron chi connectivity index (χ2n) is 2.90. The molecule has 1 rings (SSSR count). The molecule has 0 bridgehead atoms. The van der Waals surface area contributed by atoms with Crippen LogP contribution in [0.25, 0.3) is 0 Å². The summed E-state index contributed by atoms with van der Waals surface area (Å²) in [6, 6.07) is 3.25. The zero-order valence-corrected chi connectivity index (χ0v) is 9.91. The Kier molecular flexibility index (Phi) is 4.92. The molecule has 0 atom stereocenters. The number of rotatable bonds is 6. The lowest BCUT2D eigenvalue weighted by Crippen LogP contribution is -2.03. The molecule has 0 aliphatic carbocycles. The quantitative estimate of drug-likeness (QED) is 0.568. The van der Waals surface area contributed by atoms with Gasteiger partial charge in [-0.2, -0.15) is 0 Å². The first-order chi connectivity index (χ1) is 7.76. The van der Waals surface area contributed by atoms with Gasteiger partial charge in [-0.3, -0.25) is 4.79 Å². The average molecular weight is 245 g/mol. The van der Waals surface area contributed by atoms with E-state index in [-0.39, 0.29) is 0 Å². The van der Waals surface area contributed by atoms with Gasteiger partial charge < -0.3 is 14.2 Å². The molecule has 5 heteroatoms. The Morgan fingerprint density at radius 2 is 1.94 bits per heavy atom. The average Bonchev–Trinajstić information content (AvgIpc) is 2.34. The molecule has 88 valence electrons. The Morgan fingerprint density at radius 3 is 2.44 bits per heavy atom. The van der Waals surface area contributed by atoms with Gasteiger partial charge in [-0.1, -0.05) is 0 Å². The van der Waals surface area contributed by atoms with E-state index in [0.29, 0.717) is 41.6 Å². The SMILES string of the molecule is COc1cc(OC)c(C=O)c(OCCCl)c1. The largest absolute Gasteiger partial charge is 0.496 e. The van der Waals surface area contributed by atoms with Crippen LogP contribution in [0.4, 0.5) is 0 Å². The van der Waals surface area contributed by atoms with Crippen LogP contribution in [-0.2, 0) is 0 Å². The number of benzene rings is 1. The summed E-state index contributed by atoms with van der Waals surface area (Å²) in [7, 11) is 3.01. The molecule has 0 unspecified atom stereocenters. The first kappa shape index (κ1) is 12.6. The number of carbonyl (C=O) groups is 1. The molecule has 0 N–H and O–H groups in total. The van der Waals surface area contributed by atoms with E-state index in [0.717, 1.165) is 0 Å². The van der Waals surface area contributed by atoms with Crippen molar-refractivity contribution in [2.24, 2.45) is 0 Å². The fraction of sp³-hybridized carbons (Fsp3) is 0.364. The molecule has 16 heavy (non-hydrogen) atoms. The molecular formula is C11H13ClO4. The van der Waals surface area contributed by atoms with E-state index in [4.69, 9.17) is 25.8 Å². The Labute approximate surface area is 99.1 Å². The van der Waals surface area contributed by atoms with E-state index in [1.165, 1.54) is 14.2 Å². The zero-order chi connectivity index (χ0) is 12.0. The van der Waals surface area contributed by atoms with E-state index >= 15 is 0 Å². The highest BCUT2D eigenvalue weighted by Crippen LogP contribution is 2.32. The van der Waals surface area contributed by atoms with E-state index in [2.05, 4.69) is 0 Å². The lowest BCUT2D eigenvalue weighted by molar-refractivity contribution is 0.111. The molecule has 0 saturated carbocycles. The van der Waals surface area contributed by atoms with Crippen molar-refractivity contribution in [2.75, 3.05) is 26.7 Å². The maximum atomic E-state index is 10.9. The van der Waals surface area contributed by atoms with Gasteiger partial charge >= 0.3 is 0 Å². The summed E-state index contributed by atoms with van der Waals surface area (Å²) in [5.74, 6) is 1.73. The highest BCUT2D eigenvalue weighted by Gasteiger charge is 2.12. The number of hydrogen-bond donors (Lipinski definition) is 0. The summed E-state index contributed by atoms with van der Waals surface area (Å²) in [6.45, 7) is 0.318. The fourth-order valence-corrected chi connectivity index (χ4v) is 1.32. The Morgan fingerprint density at radius 1 is 1.25 bits per heavy atom. The van der Waals surface area contributed by atoms with Crippen LogP contribution in [0.15, 0.2) is 12.1 Å². The van der Waals surface area contributed by atoms with Gasteiger partial charge in [-0.15, -0.1) is 11.6 Å². The zero-order valence-electron chi connectivity index (χ0n) is 9.16. The van der Waals surface area contributed by atoms with Crippen molar-refractivity contribution in [3.8, 4) is 17.2 Å². The highest BCUT2D eigenvalue weighted by molar-refractivity contribution is 6.18. The number of carbonyl (C=O) groups excluding carboxylic acids is 1. The van der Waals surface area contributed by atoms with E-state index in [1.54, 1.807) is 12.1 Å². The Balaban J connectivity index is 3.14. The third kappa shape index (κ3) is 2.79. The van der Waals surface area contributed by atoms with Crippen molar-refractivity contribution in [3.05, 3.63) is 17.7 Å². The monoisotopic (exact) mass is 244 g/mol. The van der Waals surface area contributed by atoms with Crippen LogP contribution < -0.4 is 14.2 Å². The van der Waals surface area contributed by atoms with Crippen molar-refractivity contribution in [2.45, 2.75) is 0 Å². The van der Waals surface area contributed by atoms with Crippen LogP contribution in [0, 0.1) is 0 Å². The van der Waals surface area contributed by atoms with E-state index in [9.17, 15) is 4.79 Å². The van der Waals surface area contributed by atoms with Crippen LogP contribution in [0.2, 0.25) is 0 Å². The summed E-state index contributed by atoms with van der Waals surface area (Å²) in [5.41, 5.74) is 0.355. The molecule has 0 aliphatic heterocycles. The molecule has 0 spiro atoms.